The standard InChI is InChI=1S/C13H27BrO2S/c1-13(2,3)17(15,16)12-10-8-6-4-5-7-9-11-14/h4-12H2,1-3H3. The molecule has 0 saturated carbocycles. The van der Waals surface area contributed by atoms with Crippen molar-refractivity contribution in [3.8, 4) is 0 Å². The Labute approximate surface area is 116 Å². The molecule has 0 atom stereocenters. The normalized spacial score (nSPS) is 12.9. The zero-order valence-corrected chi connectivity index (χ0v) is 13.9. The van der Waals surface area contributed by atoms with Crippen molar-refractivity contribution in [3.63, 3.8) is 0 Å². The number of sulfone groups is 1. The Morgan fingerprint density at radius 1 is 0.824 bits per heavy atom. The smallest absolute Gasteiger partial charge is 0.155 e. The Bertz CT molecular complexity index is 278. The lowest BCUT2D eigenvalue weighted by Gasteiger charge is -2.18. The number of alkyl halides is 1. The monoisotopic (exact) mass is 326 g/mol. The van der Waals surface area contributed by atoms with Crippen molar-refractivity contribution in [3.05, 3.63) is 0 Å². The van der Waals surface area contributed by atoms with Gasteiger partial charge in [0.2, 0.25) is 0 Å². The van der Waals surface area contributed by atoms with Crippen LogP contribution in [0.1, 0.15) is 65.7 Å². The summed E-state index contributed by atoms with van der Waals surface area (Å²) in [4.78, 5) is 0. The molecule has 0 N–H and O–H groups in total. The fourth-order valence-corrected chi connectivity index (χ4v) is 3.17. The number of hydrogen-bond acceptors (Lipinski definition) is 2. The third-order valence-electron chi connectivity index (χ3n) is 2.98. The predicted molar refractivity (Wildman–Crippen MR) is 79.7 cm³/mol. The van der Waals surface area contributed by atoms with E-state index in [1.165, 1.54) is 32.1 Å². The van der Waals surface area contributed by atoms with Crippen LogP contribution in [-0.2, 0) is 9.84 Å². The molecule has 0 rings (SSSR count). The van der Waals surface area contributed by atoms with E-state index in [0.717, 1.165) is 18.2 Å². The van der Waals surface area contributed by atoms with Crippen LogP contribution in [0.4, 0.5) is 0 Å². The molecule has 0 amide bonds. The lowest BCUT2D eigenvalue weighted by atomic mass is 10.1. The van der Waals surface area contributed by atoms with Crippen molar-refractivity contribution in [2.45, 2.75) is 70.5 Å². The molecule has 0 spiro atoms. The van der Waals surface area contributed by atoms with Gasteiger partial charge in [-0.1, -0.05) is 48.0 Å². The molecule has 0 heterocycles. The zero-order valence-electron chi connectivity index (χ0n) is 11.5. The minimum Gasteiger partial charge on any atom is -0.228 e. The van der Waals surface area contributed by atoms with Crippen LogP contribution in [0.25, 0.3) is 0 Å². The van der Waals surface area contributed by atoms with Crippen LogP contribution in [0, 0.1) is 0 Å². The maximum Gasteiger partial charge on any atom is 0.155 e. The van der Waals surface area contributed by atoms with Crippen LogP contribution >= 0.6 is 15.9 Å². The summed E-state index contributed by atoms with van der Waals surface area (Å²) in [5, 5.41) is 1.09. The van der Waals surface area contributed by atoms with Gasteiger partial charge < -0.3 is 0 Å². The first kappa shape index (κ1) is 17.4. The molecule has 0 fully saturated rings. The lowest BCUT2D eigenvalue weighted by molar-refractivity contribution is 0.551. The molecule has 0 radical (unpaired) electrons. The van der Waals surface area contributed by atoms with Gasteiger partial charge in [0.15, 0.2) is 9.84 Å². The maximum absolute atomic E-state index is 11.8. The molecule has 0 bridgehead atoms. The molecule has 0 aromatic carbocycles. The average Bonchev–Trinajstić information content (AvgIpc) is 2.20. The van der Waals surface area contributed by atoms with Gasteiger partial charge in [-0.25, -0.2) is 8.42 Å². The summed E-state index contributed by atoms with van der Waals surface area (Å²) < 4.78 is 23.0. The molecule has 0 aliphatic heterocycles. The van der Waals surface area contributed by atoms with Crippen molar-refractivity contribution < 1.29 is 8.42 Å². The SMILES string of the molecule is CC(C)(C)S(=O)(=O)CCCCCCCCCBr. The highest BCUT2D eigenvalue weighted by molar-refractivity contribution is 9.09. The van der Waals surface area contributed by atoms with Crippen molar-refractivity contribution in [1.82, 2.24) is 0 Å². The molecule has 0 aromatic rings. The summed E-state index contributed by atoms with van der Waals surface area (Å²) in [6, 6.07) is 0. The Morgan fingerprint density at radius 3 is 1.65 bits per heavy atom. The van der Waals surface area contributed by atoms with Gasteiger partial charge in [-0.05, 0) is 33.6 Å². The van der Waals surface area contributed by atoms with Gasteiger partial charge in [-0.15, -0.1) is 0 Å². The van der Waals surface area contributed by atoms with Gasteiger partial charge in [-0.2, -0.15) is 0 Å². The van der Waals surface area contributed by atoms with Gasteiger partial charge in [0, 0.05) is 5.33 Å². The van der Waals surface area contributed by atoms with E-state index >= 15 is 0 Å². The van der Waals surface area contributed by atoms with Crippen LogP contribution in [0.3, 0.4) is 0 Å². The van der Waals surface area contributed by atoms with Crippen LogP contribution in [-0.4, -0.2) is 24.2 Å². The van der Waals surface area contributed by atoms with E-state index in [2.05, 4.69) is 15.9 Å². The predicted octanol–water partition coefficient (Wildman–Crippen LogP) is 4.33. The Hall–Kier alpha value is 0.430. The zero-order chi connectivity index (χ0) is 13.4. The van der Waals surface area contributed by atoms with Crippen LogP contribution < -0.4 is 0 Å². The summed E-state index contributed by atoms with van der Waals surface area (Å²) in [5.41, 5.74) is 0. The van der Waals surface area contributed by atoms with E-state index < -0.39 is 14.6 Å². The molecular formula is C13H27BrO2S. The quantitative estimate of drug-likeness (QED) is 0.467. The fourth-order valence-electron chi connectivity index (χ4n) is 1.58. The third-order valence-corrected chi connectivity index (χ3v) is 6.23. The molecule has 0 aromatic heterocycles. The maximum atomic E-state index is 11.8. The Morgan fingerprint density at radius 2 is 1.24 bits per heavy atom. The fraction of sp³-hybridized carbons (Fsp3) is 1.00. The minimum atomic E-state index is -2.91. The Kier molecular flexibility index (Phi) is 8.73. The first-order chi connectivity index (χ1) is 7.81. The van der Waals surface area contributed by atoms with Crippen LogP contribution in [0.5, 0.6) is 0 Å². The Balaban J connectivity index is 3.53. The van der Waals surface area contributed by atoms with Gasteiger partial charge in [0.25, 0.3) is 0 Å². The van der Waals surface area contributed by atoms with Gasteiger partial charge in [-0.3, -0.25) is 0 Å². The second-order valence-electron chi connectivity index (χ2n) is 5.60. The number of halogens is 1. The van der Waals surface area contributed by atoms with E-state index in [4.69, 9.17) is 0 Å². The second-order valence-corrected chi connectivity index (χ2v) is 9.25. The van der Waals surface area contributed by atoms with E-state index in [-0.39, 0.29) is 0 Å². The van der Waals surface area contributed by atoms with Crippen LogP contribution in [0.2, 0.25) is 0 Å². The third kappa shape index (κ3) is 8.20. The number of hydrogen-bond donors (Lipinski definition) is 0. The first-order valence-electron chi connectivity index (χ1n) is 6.59. The molecule has 0 aliphatic rings. The molecule has 2 nitrogen and oxygen atoms in total. The largest absolute Gasteiger partial charge is 0.228 e. The molecule has 0 unspecified atom stereocenters. The summed E-state index contributed by atoms with van der Waals surface area (Å²) in [5.74, 6) is 0.345. The first-order valence-corrected chi connectivity index (χ1v) is 9.37. The topological polar surface area (TPSA) is 34.1 Å². The van der Waals surface area contributed by atoms with E-state index in [1.807, 2.05) is 0 Å². The summed E-state index contributed by atoms with van der Waals surface area (Å²) in [6.45, 7) is 5.34. The van der Waals surface area contributed by atoms with Gasteiger partial charge in [0.05, 0.1) is 10.5 Å². The second kappa shape index (κ2) is 8.52. The molecule has 4 heteroatoms. The molecule has 17 heavy (non-hydrogen) atoms. The number of unbranched alkanes of at least 4 members (excludes halogenated alkanes) is 6. The van der Waals surface area contributed by atoms with Gasteiger partial charge >= 0.3 is 0 Å². The average molecular weight is 327 g/mol. The van der Waals surface area contributed by atoms with Crippen molar-refractivity contribution >= 4 is 25.8 Å². The number of rotatable bonds is 9. The summed E-state index contributed by atoms with van der Waals surface area (Å²) in [7, 11) is -2.91. The molecule has 104 valence electrons. The van der Waals surface area contributed by atoms with Crippen molar-refractivity contribution in [1.29, 1.82) is 0 Å². The van der Waals surface area contributed by atoms with Crippen LogP contribution in [0.15, 0.2) is 0 Å². The summed E-state index contributed by atoms with van der Waals surface area (Å²) in [6.07, 6.45) is 8.08. The molecule has 0 aliphatic carbocycles. The van der Waals surface area contributed by atoms with Crippen molar-refractivity contribution in [2.75, 3.05) is 11.1 Å². The summed E-state index contributed by atoms with van der Waals surface area (Å²) >= 11 is 3.42. The van der Waals surface area contributed by atoms with Gasteiger partial charge in [0.1, 0.15) is 0 Å². The van der Waals surface area contributed by atoms with E-state index in [9.17, 15) is 8.42 Å². The van der Waals surface area contributed by atoms with E-state index in [1.54, 1.807) is 20.8 Å². The minimum absolute atomic E-state index is 0.345. The van der Waals surface area contributed by atoms with Crippen molar-refractivity contribution in [2.24, 2.45) is 0 Å². The highest BCUT2D eigenvalue weighted by atomic mass is 79.9. The highest BCUT2D eigenvalue weighted by Crippen LogP contribution is 2.18. The van der Waals surface area contributed by atoms with E-state index in [0.29, 0.717) is 5.75 Å². The molecular weight excluding hydrogens is 300 g/mol. The highest BCUT2D eigenvalue weighted by Gasteiger charge is 2.27. The lowest BCUT2D eigenvalue weighted by Crippen LogP contribution is -2.30. The molecule has 0 saturated heterocycles.